The van der Waals surface area contributed by atoms with E-state index in [4.69, 9.17) is 0 Å². The minimum Gasteiger partial charge on any atom is -0.468 e. The summed E-state index contributed by atoms with van der Waals surface area (Å²) in [4.78, 5) is 1.47. The number of hydrogen-bond donors (Lipinski definition) is 0. The first-order valence-corrected chi connectivity index (χ1v) is 4.73. The Morgan fingerprint density at radius 3 is 2.00 bits per heavy atom. The van der Waals surface area contributed by atoms with Crippen molar-refractivity contribution in [2.24, 2.45) is 4.40 Å². The van der Waals surface area contributed by atoms with Crippen molar-refractivity contribution < 1.29 is 13.2 Å². The lowest BCUT2D eigenvalue weighted by Gasteiger charge is -2.11. The maximum atomic E-state index is 10.6. The van der Waals surface area contributed by atoms with Crippen LogP contribution < -0.4 is 0 Å². The van der Waals surface area contributed by atoms with Crippen molar-refractivity contribution in [2.75, 3.05) is 27.5 Å². The van der Waals surface area contributed by atoms with E-state index in [2.05, 4.69) is 9.13 Å². The SMILES string of the molecule is COC(=NS(C)(=O)=O)N(C)C. The van der Waals surface area contributed by atoms with Crippen molar-refractivity contribution >= 4 is 16.0 Å². The minimum absolute atomic E-state index is 0.0764. The molecule has 0 aromatic heterocycles. The van der Waals surface area contributed by atoms with Gasteiger partial charge in [-0.15, -0.1) is 4.40 Å². The van der Waals surface area contributed by atoms with Gasteiger partial charge in [0, 0.05) is 14.1 Å². The molecule has 0 aromatic carbocycles. The summed E-state index contributed by atoms with van der Waals surface area (Å²) in [5.74, 6) is 0. The second kappa shape index (κ2) is 3.56. The first-order chi connectivity index (χ1) is 4.87. The van der Waals surface area contributed by atoms with Crippen LogP contribution in [0.5, 0.6) is 0 Å². The molecular formula is C5H12N2O3S. The second-order valence-electron chi connectivity index (χ2n) is 2.21. The van der Waals surface area contributed by atoms with Gasteiger partial charge in [0.25, 0.3) is 10.0 Å². The summed E-state index contributed by atoms with van der Waals surface area (Å²) in [5, 5.41) is 0. The summed E-state index contributed by atoms with van der Waals surface area (Å²) >= 11 is 0. The lowest BCUT2D eigenvalue weighted by atomic mass is 10.9. The van der Waals surface area contributed by atoms with E-state index in [1.807, 2.05) is 0 Å². The molecule has 0 amide bonds. The van der Waals surface area contributed by atoms with Gasteiger partial charge in [-0.1, -0.05) is 0 Å². The Kier molecular flexibility index (Phi) is 3.31. The highest BCUT2D eigenvalue weighted by Gasteiger charge is 2.05. The highest BCUT2D eigenvalue weighted by Crippen LogP contribution is 1.91. The number of ether oxygens (including phenoxy) is 1. The maximum absolute atomic E-state index is 10.6. The Balaban J connectivity index is 4.64. The largest absolute Gasteiger partial charge is 0.468 e. The van der Waals surface area contributed by atoms with Crippen LogP contribution in [0, 0.1) is 0 Å². The molecule has 0 aromatic rings. The molecule has 0 atom stereocenters. The van der Waals surface area contributed by atoms with Crippen molar-refractivity contribution in [1.82, 2.24) is 4.90 Å². The highest BCUT2D eigenvalue weighted by molar-refractivity contribution is 7.89. The second-order valence-corrected chi connectivity index (χ2v) is 3.85. The molecule has 0 aliphatic heterocycles. The van der Waals surface area contributed by atoms with Gasteiger partial charge in [-0.2, -0.15) is 0 Å². The maximum Gasteiger partial charge on any atom is 0.302 e. The topological polar surface area (TPSA) is 59.0 Å². The molecule has 0 N–H and O–H groups in total. The predicted octanol–water partition coefficient (Wildman–Crippen LogP) is -0.490. The van der Waals surface area contributed by atoms with Gasteiger partial charge in [0.1, 0.15) is 0 Å². The van der Waals surface area contributed by atoms with Crippen LogP contribution in [0.1, 0.15) is 0 Å². The lowest BCUT2D eigenvalue weighted by molar-refractivity contribution is 0.332. The first-order valence-electron chi connectivity index (χ1n) is 2.88. The average Bonchev–Trinajstić information content (AvgIpc) is 1.80. The fourth-order valence-corrected chi connectivity index (χ4v) is 0.965. The molecule has 0 fully saturated rings. The Morgan fingerprint density at radius 2 is 1.91 bits per heavy atom. The molecule has 66 valence electrons. The lowest BCUT2D eigenvalue weighted by Crippen LogP contribution is -2.24. The Labute approximate surface area is 66.7 Å². The number of methoxy groups -OCH3 is 1. The molecule has 0 heterocycles. The molecule has 0 saturated carbocycles. The molecule has 0 aliphatic carbocycles. The first kappa shape index (κ1) is 10.2. The summed E-state index contributed by atoms with van der Waals surface area (Å²) in [5.41, 5.74) is 0. The fourth-order valence-electron chi connectivity index (χ4n) is 0.443. The third-order valence-electron chi connectivity index (χ3n) is 0.809. The summed E-state index contributed by atoms with van der Waals surface area (Å²) in [6, 6.07) is 0.0764. The Morgan fingerprint density at radius 1 is 1.45 bits per heavy atom. The van der Waals surface area contributed by atoms with E-state index in [0.29, 0.717) is 0 Å². The Hall–Kier alpha value is -0.780. The van der Waals surface area contributed by atoms with Gasteiger partial charge in [0.15, 0.2) is 0 Å². The van der Waals surface area contributed by atoms with Crippen LogP contribution in [0.15, 0.2) is 4.40 Å². The average molecular weight is 180 g/mol. The zero-order chi connectivity index (χ0) is 9.07. The van der Waals surface area contributed by atoms with Gasteiger partial charge in [-0.25, -0.2) is 8.42 Å². The number of nitrogens with zero attached hydrogens (tertiary/aromatic N) is 2. The van der Waals surface area contributed by atoms with Crippen LogP contribution in [0.2, 0.25) is 0 Å². The van der Waals surface area contributed by atoms with Gasteiger partial charge in [-0.05, 0) is 0 Å². The van der Waals surface area contributed by atoms with Crippen LogP contribution >= 0.6 is 0 Å². The summed E-state index contributed by atoms with van der Waals surface area (Å²) in [6.07, 6.45) is 1.01. The number of sulfonamides is 1. The molecule has 0 radical (unpaired) electrons. The van der Waals surface area contributed by atoms with Crippen LogP contribution in [0.25, 0.3) is 0 Å². The monoisotopic (exact) mass is 180 g/mol. The van der Waals surface area contributed by atoms with Gasteiger partial charge in [-0.3, -0.25) is 0 Å². The zero-order valence-corrected chi connectivity index (χ0v) is 7.84. The fraction of sp³-hybridized carbons (Fsp3) is 0.800. The van der Waals surface area contributed by atoms with E-state index in [0.717, 1.165) is 6.26 Å². The van der Waals surface area contributed by atoms with Crippen molar-refractivity contribution in [1.29, 1.82) is 0 Å². The van der Waals surface area contributed by atoms with E-state index in [1.54, 1.807) is 14.1 Å². The predicted molar refractivity (Wildman–Crippen MR) is 43.0 cm³/mol. The van der Waals surface area contributed by atoms with Gasteiger partial charge >= 0.3 is 6.02 Å². The third kappa shape index (κ3) is 4.60. The van der Waals surface area contributed by atoms with E-state index in [9.17, 15) is 8.42 Å². The zero-order valence-electron chi connectivity index (χ0n) is 7.03. The van der Waals surface area contributed by atoms with Crippen LogP contribution in [-0.4, -0.2) is 46.8 Å². The van der Waals surface area contributed by atoms with Crippen LogP contribution in [0.3, 0.4) is 0 Å². The Bertz CT molecular complexity index is 242. The molecule has 0 spiro atoms. The molecule has 6 heteroatoms. The van der Waals surface area contributed by atoms with Gasteiger partial charge < -0.3 is 9.64 Å². The number of hydrogen-bond acceptors (Lipinski definition) is 3. The molecule has 0 unspecified atom stereocenters. The quantitative estimate of drug-likeness (QED) is 0.403. The van der Waals surface area contributed by atoms with Crippen LogP contribution in [0.4, 0.5) is 0 Å². The van der Waals surface area contributed by atoms with Gasteiger partial charge in [0.05, 0.1) is 13.4 Å². The van der Waals surface area contributed by atoms with Gasteiger partial charge in [0.2, 0.25) is 0 Å². The summed E-state index contributed by atoms with van der Waals surface area (Å²) < 4.78 is 29.2. The molecule has 0 rings (SSSR count). The van der Waals surface area contributed by atoms with Crippen molar-refractivity contribution in [2.45, 2.75) is 0 Å². The smallest absolute Gasteiger partial charge is 0.302 e. The van der Waals surface area contributed by atoms with E-state index in [-0.39, 0.29) is 6.02 Å². The van der Waals surface area contributed by atoms with E-state index >= 15 is 0 Å². The van der Waals surface area contributed by atoms with E-state index < -0.39 is 10.0 Å². The molecule has 5 nitrogen and oxygen atoms in total. The third-order valence-corrected chi connectivity index (χ3v) is 1.30. The van der Waals surface area contributed by atoms with Crippen molar-refractivity contribution in [3.8, 4) is 0 Å². The van der Waals surface area contributed by atoms with Crippen molar-refractivity contribution in [3.63, 3.8) is 0 Å². The van der Waals surface area contributed by atoms with Crippen LogP contribution in [-0.2, 0) is 14.8 Å². The molecular weight excluding hydrogens is 168 g/mol. The molecule has 0 aliphatic rings. The van der Waals surface area contributed by atoms with E-state index in [1.165, 1.54) is 12.0 Å². The summed E-state index contributed by atoms with van der Waals surface area (Å²) in [7, 11) is 1.30. The standard InChI is InChI=1S/C5H12N2O3S/c1-7(2)5(10-3)6-11(4,8)9/h1-4H3. The van der Waals surface area contributed by atoms with Crippen molar-refractivity contribution in [3.05, 3.63) is 0 Å². The number of amidine groups is 1. The highest BCUT2D eigenvalue weighted by atomic mass is 32.2. The minimum atomic E-state index is -3.36. The summed E-state index contributed by atoms with van der Waals surface area (Å²) in [6.45, 7) is 0. The number of rotatable bonds is 1. The normalized spacial score (nSPS) is 12.9. The molecule has 11 heavy (non-hydrogen) atoms. The molecule has 0 saturated heterocycles. The molecule has 0 bridgehead atoms.